The number of hydrogen-bond donors (Lipinski definition) is 2. The first-order valence-electron chi connectivity index (χ1n) is 13.1. The molecule has 0 aromatic rings. The summed E-state index contributed by atoms with van der Waals surface area (Å²) in [6.45, 7) is 12.3. The highest BCUT2D eigenvalue weighted by molar-refractivity contribution is 7.72. The summed E-state index contributed by atoms with van der Waals surface area (Å²) in [6, 6.07) is 0. The molecular weight excluding hydrogens is 463 g/mol. The van der Waals surface area contributed by atoms with Crippen molar-refractivity contribution in [1.82, 2.24) is 0 Å². The van der Waals surface area contributed by atoms with Crippen molar-refractivity contribution in [2.24, 2.45) is 23.2 Å². The summed E-state index contributed by atoms with van der Waals surface area (Å²) in [6.07, 6.45) is 12.7. The van der Waals surface area contributed by atoms with Gasteiger partial charge in [-0.2, -0.15) is 0 Å². The van der Waals surface area contributed by atoms with Crippen LogP contribution in [0.15, 0.2) is 47.6 Å². The number of aliphatic hydroxyl groups is 2. The van der Waals surface area contributed by atoms with Gasteiger partial charge in [0.05, 0.1) is 25.4 Å². The summed E-state index contributed by atoms with van der Waals surface area (Å²) >= 11 is 0. The van der Waals surface area contributed by atoms with Crippen LogP contribution in [0.2, 0.25) is 0 Å². The minimum atomic E-state index is -3.77. The van der Waals surface area contributed by atoms with Crippen LogP contribution in [0, 0.1) is 23.2 Å². The minimum absolute atomic E-state index is 0.127. The minimum Gasteiger partial charge on any atom is -0.393 e. The smallest absolute Gasteiger partial charge is 0.393 e. The third kappa shape index (κ3) is 6.17. The lowest BCUT2D eigenvalue weighted by atomic mass is 9.61. The Balaban J connectivity index is 1.75. The van der Waals surface area contributed by atoms with Gasteiger partial charge in [0, 0.05) is 6.42 Å². The number of carbonyl (C=O) groups is 1. The fourth-order valence-corrected chi connectivity index (χ4v) is 7.85. The molecular formula is C28H43O6P. The van der Waals surface area contributed by atoms with Gasteiger partial charge in [-0.25, -0.2) is 0 Å². The third-order valence-electron chi connectivity index (χ3n) is 8.35. The number of aliphatic hydroxyl groups excluding tert-OH is 2. The zero-order chi connectivity index (χ0) is 25.8. The number of hydrogen-bond acceptors (Lipinski definition) is 6. The molecule has 35 heavy (non-hydrogen) atoms. The molecule has 3 rings (SSSR count). The zero-order valence-corrected chi connectivity index (χ0v) is 22.6. The Hall–Kier alpha value is -1.30. The van der Waals surface area contributed by atoms with Crippen LogP contribution in [0.5, 0.6) is 0 Å². The van der Waals surface area contributed by atoms with E-state index >= 15 is 0 Å². The maximum Gasteiger partial charge on any atom is 0.400 e. The highest BCUT2D eigenvalue weighted by Crippen LogP contribution is 2.59. The van der Waals surface area contributed by atoms with E-state index in [0.29, 0.717) is 24.7 Å². The van der Waals surface area contributed by atoms with Crippen LogP contribution in [0.4, 0.5) is 0 Å². The van der Waals surface area contributed by atoms with Crippen LogP contribution in [0.1, 0.15) is 72.6 Å². The fourth-order valence-electron chi connectivity index (χ4n) is 6.57. The largest absolute Gasteiger partial charge is 0.400 e. The first kappa shape index (κ1) is 28.3. The molecule has 3 aliphatic rings. The molecule has 3 aliphatic carbocycles. The molecule has 1 unspecified atom stereocenters. The van der Waals surface area contributed by atoms with Gasteiger partial charge in [0.15, 0.2) is 0 Å². The van der Waals surface area contributed by atoms with Crippen LogP contribution in [0.3, 0.4) is 0 Å². The summed E-state index contributed by atoms with van der Waals surface area (Å²) in [5, 5.41) is 20.2. The van der Waals surface area contributed by atoms with Gasteiger partial charge in [0.2, 0.25) is 0 Å². The highest BCUT2D eigenvalue weighted by atomic mass is 31.2. The van der Waals surface area contributed by atoms with Crippen molar-refractivity contribution in [3.63, 3.8) is 0 Å². The van der Waals surface area contributed by atoms with Gasteiger partial charge in [0.1, 0.15) is 0 Å². The number of rotatable bonds is 9. The SMILES string of the molecule is C=C1/C(=C\C=C2/CCC[C@@]3(C)C2CC[C@@H]3[C@H](C)/C=C/C(=O)P(=O)(OCC)OCC)C[C@@H](O)C[C@@H]1O. The van der Waals surface area contributed by atoms with Crippen molar-refractivity contribution in [3.8, 4) is 0 Å². The second-order valence-electron chi connectivity index (χ2n) is 10.6. The first-order valence-corrected chi connectivity index (χ1v) is 14.7. The number of allylic oxidation sites excluding steroid dienone is 5. The Labute approximate surface area is 210 Å². The van der Waals surface area contributed by atoms with Crippen LogP contribution in [0.25, 0.3) is 0 Å². The van der Waals surface area contributed by atoms with Crippen LogP contribution in [-0.4, -0.2) is 41.2 Å². The molecule has 0 bridgehead atoms. The Kier molecular flexibility index (Phi) is 9.56. The molecule has 0 aliphatic heterocycles. The summed E-state index contributed by atoms with van der Waals surface area (Å²) in [5.74, 6) is 1.04. The van der Waals surface area contributed by atoms with Gasteiger partial charge < -0.3 is 19.3 Å². The Morgan fingerprint density at radius 1 is 1.23 bits per heavy atom. The molecule has 0 heterocycles. The molecule has 2 N–H and O–H groups in total. The lowest BCUT2D eigenvalue weighted by molar-refractivity contribution is -0.109. The van der Waals surface area contributed by atoms with E-state index in [0.717, 1.165) is 43.3 Å². The second-order valence-corrected chi connectivity index (χ2v) is 12.5. The van der Waals surface area contributed by atoms with E-state index in [2.05, 4.69) is 32.6 Å². The maximum atomic E-state index is 12.8. The predicted octanol–water partition coefficient (Wildman–Crippen LogP) is 6.11. The molecule has 0 aromatic carbocycles. The van der Waals surface area contributed by atoms with E-state index in [9.17, 15) is 19.6 Å². The molecule has 0 radical (unpaired) electrons. The molecule has 3 saturated carbocycles. The highest BCUT2D eigenvalue weighted by Gasteiger charge is 2.50. The maximum absolute atomic E-state index is 12.8. The first-order chi connectivity index (χ1) is 16.6. The third-order valence-corrected chi connectivity index (χ3v) is 10.2. The van der Waals surface area contributed by atoms with Crippen LogP contribution in [-0.2, 0) is 18.4 Å². The molecule has 3 fully saturated rings. The van der Waals surface area contributed by atoms with E-state index in [4.69, 9.17) is 9.05 Å². The monoisotopic (exact) mass is 506 g/mol. The van der Waals surface area contributed by atoms with E-state index < -0.39 is 25.3 Å². The van der Waals surface area contributed by atoms with E-state index in [1.165, 1.54) is 11.6 Å². The van der Waals surface area contributed by atoms with Crippen molar-refractivity contribution < 1.29 is 28.6 Å². The quantitative estimate of drug-likeness (QED) is 0.289. The van der Waals surface area contributed by atoms with Crippen LogP contribution >= 0.6 is 7.60 Å². The van der Waals surface area contributed by atoms with Gasteiger partial charge >= 0.3 is 7.60 Å². The van der Waals surface area contributed by atoms with Gasteiger partial charge in [-0.3, -0.25) is 9.36 Å². The molecule has 7 heteroatoms. The summed E-state index contributed by atoms with van der Waals surface area (Å²) in [7, 11) is -3.77. The Bertz CT molecular complexity index is 924. The van der Waals surface area contributed by atoms with Crippen molar-refractivity contribution >= 4 is 13.1 Å². The molecule has 6 atom stereocenters. The van der Waals surface area contributed by atoms with Crippen molar-refractivity contribution in [3.05, 3.63) is 47.6 Å². The van der Waals surface area contributed by atoms with Gasteiger partial charge in [-0.15, -0.1) is 0 Å². The molecule has 0 saturated heterocycles. The van der Waals surface area contributed by atoms with Crippen molar-refractivity contribution in [2.75, 3.05) is 13.2 Å². The van der Waals surface area contributed by atoms with E-state index in [1.807, 2.05) is 6.08 Å². The van der Waals surface area contributed by atoms with Crippen LogP contribution < -0.4 is 0 Å². The topological polar surface area (TPSA) is 93.1 Å². The fraction of sp³-hybridized carbons (Fsp3) is 0.679. The average Bonchev–Trinajstić information content (AvgIpc) is 3.16. The van der Waals surface area contributed by atoms with E-state index in [-0.39, 0.29) is 24.5 Å². The number of carbonyl (C=O) groups excluding carboxylic acids is 1. The van der Waals surface area contributed by atoms with E-state index in [1.54, 1.807) is 13.8 Å². The molecule has 0 amide bonds. The summed E-state index contributed by atoms with van der Waals surface area (Å²) in [5.41, 5.74) is 2.63. The molecule has 0 aromatic heterocycles. The normalized spacial score (nSPS) is 35.1. The Morgan fingerprint density at radius 2 is 1.91 bits per heavy atom. The standard InChI is InChI=1S/C28H43O6P/c1-6-33-35(32,34-7-2)27(31)15-10-19(3)24-13-14-25-21(9-8-16-28(24,25)5)11-12-22-17-23(29)18-26(30)20(22)4/h10-12,15,19,23-26,29-30H,4,6-9,13-14,16-18H2,1-3,5H3/b15-10+,21-11+,22-12-/t19-,23-,24-,25?,26+,28-/m1/s1. The van der Waals surface area contributed by atoms with Gasteiger partial charge in [0.25, 0.3) is 5.52 Å². The second kappa shape index (κ2) is 11.8. The van der Waals surface area contributed by atoms with Gasteiger partial charge in [-0.1, -0.05) is 44.2 Å². The predicted molar refractivity (Wildman–Crippen MR) is 139 cm³/mol. The Morgan fingerprint density at radius 3 is 2.57 bits per heavy atom. The zero-order valence-electron chi connectivity index (χ0n) is 21.7. The lowest BCUT2D eigenvalue weighted by Gasteiger charge is -2.44. The van der Waals surface area contributed by atoms with Gasteiger partial charge in [-0.05, 0) is 92.8 Å². The number of fused-ring (bicyclic) bond motifs is 1. The average molecular weight is 507 g/mol. The molecule has 196 valence electrons. The summed E-state index contributed by atoms with van der Waals surface area (Å²) in [4.78, 5) is 12.6. The van der Waals surface area contributed by atoms with Crippen molar-refractivity contribution in [1.29, 1.82) is 0 Å². The van der Waals surface area contributed by atoms with Crippen molar-refractivity contribution in [2.45, 2.75) is 84.8 Å². The summed E-state index contributed by atoms with van der Waals surface area (Å²) < 4.78 is 23.1. The lowest BCUT2D eigenvalue weighted by Crippen LogP contribution is -2.35. The molecule has 6 nitrogen and oxygen atoms in total. The molecule has 0 spiro atoms.